The first kappa shape index (κ1) is 12.3. The van der Waals surface area contributed by atoms with Crippen molar-refractivity contribution in [2.24, 2.45) is 5.92 Å². The van der Waals surface area contributed by atoms with Crippen molar-refractivity contribution in [3.05, 3.63) is 0 Å². The van der Waals surface area contributed by atoms with E-state index in [0.717, 1.165) is 31.7 Å². The fraction of sp³-hybridized carbons (Fsp3) is 1.00. The van der Waals surface area contributed by atoms with Gasteiger partial charge in [-0.2, -0.15) is 0 Å². The molecule has 3 atom stereocenters. The van der Waals surface area contributed by atoms with E-state index in [2.05, 4.69) is 24.1 Å². The molecule has 2 rings (SSSR count). The lowest BCUT2D eigenvalue weighted by Crippen LogP contribution is -2.52. The summed E-state index contributed by atoms with van der Waals surface area (Å²) in [4.78, 5) is 2.67. The Hall–Kier alpha value is -0.120. The minimum atomic E-state index is 0.419. The van der Waals surface area contributed by atoms with Crippen LogP contribution in [-0.4, -0.2) is 49.8 Å². The van der Waals surface area contributed by atoms with Crippen LogP contribution in [0.5, 0.6) is 0 Å². The molecule has 1 heterocycles. The third kappa shape index (κ3) is 2.96. The first-order valence-corrected chi connectivity index (χ1v) is 6.87. The summed E-state index contributed by atoms with van der Waals surface area (Å²) in [6.07, 6.45) is 4.42. The molecule has 1 aliphatic carbocycles. The van der Waals surface area contributed by atoms with Crippen LogP contribution in [0.2, 0.25) is 0 Å². The van der Waals surface area contributed by atoms with Gasteiger partial charge in [-0.3, -0.25) is 4.90 Å². The molecule has 0 radical (unpaired) electrons. The smallest absolute Gasteiger partial charge is 0.0674 e. The van der Waals surface area contributed by atoms with Gasteiger partial charge in [0.05, 0.1) is 6.10 Å². The van der Waals surface area contributed by atoms with Gasteiger partial charge >= 0.3 is 0 Å². The van der Waals surface area contributed by atoms with Gasteiger partial charge in [0.15, 0.2) is 0 Å². The van der Waals surface area contributed by atoms with E-state index < -0.39 is 0 Å². The molecule has 0 aromatic carbocycles. The molecular formula is C13H26N2O. The lowest BCUT2D eigenvalue weighted by atomic mass is 9.78. The van der Waals surface area contributed by atoms with Crippen LogP contribution in [0.15, 0.2) is 0 Å². The molecule has 1 N–H and O–H groups in total. The lowest BCUT2D eigenvalue weighted by molar-refractivity contribution is 0.0272. The highest BCUT2D eigenvalue weighted by atomic mass is 16.5. The van der Waals surface area contributed by atoms with Gasteiger partial charge in [-0.05, 0) is 45.2 Å². The van der Waals surface area contributed by atoms with Crippen LogP contribution in [0.1, 0.15) is 33.1 Å². The number of nitrogens with one attached hydrogen (secondary N) is 1. The molecule has 2 fully saturated rings. The zero-order valence-corrected chi connectivity index (χ0v) is 10.7. The quantitative estimate of drug-likeness (QED) is 0.786. The Labute approximate surface area is 99.5 Å². The van der Waals surface area contributed by atoms with Crippen molar-refractivity contribution >= 4 is 0 Å². The highest BCUT2D eigenvalue weighted by molar-refractivity contribution is 4.91. The average Bonchev–Trinajstić information content (AvgIpc) is 2.42. The van der Waals surface area contributed by atoms with E-state index >= 15 is 0 Å². The lowest BCUT2D eigenvalue weighted by Gasteiger charge is -2.44. The van der Waals surface area contributed by atoms with Gasteiger partial charge < -0.3 is 10.1 Å². The van der Waals surface area contributed by atoms with Gasteiger partial charge in [0.2, 0.25) is 0 Å². The Bertz CT molecular complexity index is 210. The molecule has 0 spiro atoms. The topological polar surface area (TPSA) is 24.5 Å². The van der Waals surface area contributed by atoms with E-state index in [4.69, 9.17) is 4.74 Å². The molecule has 3 heteroatoms. The van der Waals surface area contributed by atoms with Gasteiger partial charge in [-0.15, -0.1) is 0 Å². The molecule has 0 aromatic rings. The van der Waals surface area contributed by atoms with Crippen LogP contribution in [0, 0.1) is 5.92 Å². The highest BCUT2D eigenvalue weighted by Crippen LogP contribution is 2.32. The number of nitrogens with zero attached hydrogens (tertiary/aromatic N) is 1. The van der Waals surface area contributed by atoms with Crippen LogP contribution in [-0.2, 0) is 4.74 Å². The van der Waals surface area contributed by atoms with Crippen LogP contribution in [0.3, 0.4) is 0 Å². The molecule has 0 amide bonds. The highest BCUT2D eigenvalue weighted by Gasteiger charge is 2.35. The Balaban J connectivity index is 1.81. The van der Waals surface area contributed by atoms with Gasteiger partial charge in [0, 0.05) is 25.7 Å². The van der Waals surface area contributed by atoms with Gasteiger partial charge in [0.1, 0.15) is 0 Å². The van der Waals surface area contributed by atoms with E-state index in [9.17, 15) is 0 Å². The second kappa shape index (κ2) is 5.99. The summed E-state index contributed by atoms with van der Waals surface area (Å²) in [7, 11) is 0. The van der Waals surface area contributed by atoms with Crippen LogP contribution in [0.25, 0.3) is 0 Å². The minimum Gasteiger partial charge on any atom is -0.377 e. The van der Waals surface area contributed by atoms with Crippen molar-refractivity contribution < 1.29 is 4.74 Å². The summed E-state index contributed by atoms with van der Waals surface area (Å²) in [5.74, 6) is 0.880. The maximum Gasteiger partial charge on any atom is 0.0674 e. The molecule has 1 saturated carbocycles. The summed E-state index contributed by atoms with van der Waals surface area (Å²) >= 11 is 0. The molecule has 1 aliphatic heterocycles. The predicted molar refractivity (Wildman–Crippen MR) is 66.7 cm³/mol. The second-order valence-electron chi connectivity index (χ2n) is 5.24. The van der Waals surface area contributed by atoms with Crippen molar-refractivity contribution in [3.8, 4) is 0 Å². The Morgan fingerprint density at radius 2 is 2.25 bits per heavy atom. The minimum absolute atomic E-state index is 0.419. The SMILES string of the molecule is CCNCC1CCC1N1CCCOC(C)C1. The number of rotatable bonds is 4. The van der Waals surface area contributed by atoms with Crippen LogP contribution in [0.4, 0.5) is 0 Å². The number of hydrogen-bond acceptors (Lipinski definition) is 3. The molecule has 0 bridgehead atoms. The molecule has 1 saturated heterocycles. The Morgan fingerprint density at radius 1 is 1.38 bits per heavy atom. The molecule has 0 aromatic heterocycles. The third-order valence-corrected chi connectivity index (χ3v) is 3.99. The summed E-state index contributed by atoms with van der Waals surface area (Å²) in [6, 6.07) is 0.822. The van der Waals surface area contributed by atoms with Gasteiger partial charge in [0.25, 0.3) is 0 Å². The van der Waals surface area contributed by atoms with Crippen molar-refractivity contribution in [1.82, 2.24) is 10.2 Å². The van der Waals surface area contributed by atoms with Crippen LogP contribution < -0.4 is 5.32 Å². The molecule has 3 unspecified atom stereocenters. The Morgan fingerprint density at radius 3 is 2.94 bits per heavy atom. The number of ether oxygens (including phenoxy) is 1. The van der Waals surface area contributed by atoms with Crippen molar-refractivity contribution in [2.45, 2.75) is 45.3 Å². The largest absolute Gasteiger partial charge is 0.377 e. The van der Waals surface area contributed by atoms with Crippen molar-refractivity contribution in [1.29, 1.82) is 0 Å². The first-order valence-electron chi connectivity index (χ1n) is 6.87. The van der Waals surface area contributed by atoms with Gasteiger partial charge in [-0.25, -0.2) is 0 Å². The van der Waals surface area contributed by atoms with E-state index in [-0.39, 0.29) is 0 Å². The van der Waals surface area contributed by atoms with Crippen LogP contribution >= 0.6 is 0 Å². The first-order chi connectivity index (χ1) is 7.81. The maximum absolute atomic E-state index is 5.71. The zero-order valence-electron chi connectivity index (χ0n) is 10.7. The normalized spacial score (nSPS) is 36.8. The molecule has 16 heavy (non-hydrogen) atoms. The fourth-order valence-corrected chi connectivity index (χ4v) is 2.93. The maximum atomic E-state index is 5.71. The summed E-state index contributed by atoms with van der Waals surface area (Å²) in [5.41, 5.74) is 0. The molecule has 3 nitrogen and oxygen atoms in total. The monoisotopic (exact) mass is 226 g/mol. The predicted octanol–water partition coefficient (Wildman–Crippen LogP) is 1.49. The summed E-state index contributed by atoms with van der Waals surface area (Å²) < 4.78 is 5.71. The summed E-state index contributed by atoms with van der Waals surface area (Å²) in [5, 5.41) is 3.49. The van der Waals surface area contributed by atoms with E-state index in [1.165, 1.54) is 32.4 Å². The standard InChI is InChI=1S/C13H26N2O/c1-3-14-9-12-5-6-13(12)15-7-4-8-16-11(2)10-15/h11-14H,3-10H2,1-2H3. The van der Waals surface area contributed by atoms with Gasteiger partial charge in [-0.1, -0.05) is 6.92 Å². The fourth-order valence-electron chi connectivity index (χ4n) is 2.93. The zero-order chi connectivity index (χ0) is 11.4. The molecular weight excluding hydrogens is 200 g/mol. The van der Waals surface area contributed by atoms with Crippen molar-refractivity contribution in [2.75, 3.05) is 32.8 Å². The molecule has 2 aliphatic rings. The average molecular weight is 226 g/mol. The number of hydrogen-bond donors (Lipinski definition) is 1. The van der Waals surface area contributed by atoms with E-state index in [1.807, 2.05) is 0 Å². The van der Waals surface area contributed by atoms with Crippen molar-refractivity contribution in [3.63, 3.8) is 0 Å². The second-order valence-corrected chi connectivity index (χ2v) is 5.24. The third-order valence-electron chi connectivity index (χ3n) is 3.99. The molecule has 94 valence electrons. The Kier molecular flexibility index (Phi) is 4.62. The van der Waals surface area contributed by atoms with E-state index in [0.29, 0.717) is 6.10 Å². The summed E-state index contributed by atoms with van der Waals surface area (Å²) in [6.45, 7) is 10.0. The van der Waals surface area contributed by atoms with E-state index in [1.54, 1.807) is 0 Å².